The molecular formula is C24H27N3O5. The molecule has 8 nitrogen and oxygen atoms in total. The minimum absolute atomic E-state index is 0.214. The molecule has 1 fully saturated rings. The van der Waals surface area contributed by atoms with Crippen LogP contribution in [0.3, 0.4) is 0 Å². The number of carbonyl (C=O) groups excluding carboxylic acids is 1. The van der Waals surface area contributed by atoms with Gasteiger partial charge < -0.3 is 24.3 Å². The van der Waals surface area contributed by atoms with Crippen LogP contribution in [-0.4, -0.2) is 50.6 Å². The summed E-state index contributed by atoms with van der Waals surface area (Å²) < 4.78 is 21.6. The summed E-state index contributed by atoms with van der Waals surface area (Å²) in [6.07, 6.45) is 1.71. The van der Waals surface area contributed by atoms with Crippen molar-refractivity contribution in [2.45, 2.75) is 18.8 Å². The van der Waals surface area contributed by atoms with Crippen LogP contribution in [0.2, 0.25) is 0 Å². The molecule has 0 unspecified atom stereocenters. The van der Waals surface area contributed by atoms with E-state index >= 15 is 0 Å². The summed E-state index contributed by atoms with van der Waals surface area (Å²) in [5, 5.41) is 10.8. The first-order valence-corrected chi connectivity index (χ1v) is 10.5. The van der Waals surface area contributed by atoms with E-state index in [-0.39, 0.29) is 11.8 Å². The molecule has 2 N–H and O–H groups in total. The number of amides is 1. The Labute approximate surface area is 186 Å². The number of anilines is 1. The lowest BCUT2D eigenvalue weighted by atomic mass is 9.94. The monoisotopic (exact) mass is 437 g/mol. The van der Waals surface area contributed by atoms with Crippen LogP contribution in [0.25, 0.3) is 11.3 Å². The van der Waals surface area contributed by atoms with Gasteiger partial charge in [0, 0.05) is 30.3 Å². The summed E-state index contributed by atoms with van der Waals surface area (Å²) in [5.41, 5.74) is 3.51. The van der Waals surface area contributed by atoms with E-state index < -0.39 is 0 Å². The van der Waals surface area contributed by atoms with E-state index in [1.165, 1.54) is 0 Å². The Bertz CT molecular complexity index is 1090. The largest absolute Gasteiger partial charge is 0.497 e. The van der Waals surface area contributed by atoms with Crippen molar-refractivity contribution in [3.05, 3.63) is 53.7 Å². The summed E-state index contributed by atoms with van der Waals surface area (Å²) in [6, 6.07) is 12.6. The maximum Gasteiger partial charge on any atom is 0.255 e. The van der Waals surface area contributed by atoms with Gasteiger partial charge in [0.25, 0.3) is 5.91 Å². The molecule has 168 valence electrons. The van der Waals surface area contributed by atoms with Crippen LogP contribution in [-0.2, 0) is 4.74 Å². The van der Waals surface area contributed by atoms with Gasteiger partial charge in [0.15, 0.2) is 11.5 Å². The molecule has 0 atom stereocenters. The summed E-state index contributed by atoms with van der Waals surface area (Å²) in [6.45, 7) is 1.36. The number of rotatable bonds is 7. The molecule has 32 heavy (non-hydrogen) atoms. The van der Waals surface area contributed by atoms with E-state index in [9.17, 15) is 4.79 Å². The van der Waals surface area contributed by atoms with Crippen LogP contribution < -0.4 is 19.5 Å². The summed E-state index contributed by atoms with van der Waals surface area (Å²) >= 11 is 0. The minimum atomic E-state index is -0.236. The van der Waals surface area contributed by atoms with Crippen LogP contribution >= 0.6 is 0 Å². The van der Waals surface area contributed by atoms with Gasteiger partial charge in [0.1, 0.15) is 11.4 Å². The van der Waals surface area contributed by atoms with Crippen molar-refractivity contribution in [1.29, 1.82) is 0 Å². The molecule has 0 saturated carbocycles. The van der Waals surface area contributed by atoms with Crippen molar-refractivity contribution in [2.75, 3.05) is 39.9 Å². The second-order valence-electron chi connectivity index (χ2n) is 7.50. The Balaban J connectivity index is 1.74. The van der Waals surface area contributed by atoms with Gasteiger partial charge in [-0.3, -0.25) is 9.89 Å². The second kappa shape index (κ2) is 9.74. The first kappa shape index (κ1) is 21.7. The standard InChI is InChI=1S/C24H27N3O5/c1-29-18-6-4-5-17(13-18)24(28)25-23-21(15-9-11-32-12-10-15)26-27-22(23)16-7-8-19(30-2)20(14-16)31-3/h4-8,13-15H,9-12H2,1-3H3,(H,25,28)(H,26,27). The fourth-order valence-electron chi connectivity index (χ4n) is 3.91. The molecule has 1 aliphatic rings. The van der Waals surface area contributed by atoms with E-state index in [2.05, 4.69) is 15.5 Å². The van der Waals surface area contributed by atoms with Crippen molar-refractivity contribution in [2.24, 2.45) is 0 Å². The van der Waals surface area contributed by atoms with Gasteiger partial charge in [0.05, 0.1) is 32.7 Å². The van der Waals surface area contributed by atoms with E-state index in [1.54, 1.807) is 45.6 Å². The van der Waals surface area contributed by atoms with Gasteiger partial charge in [-0.05, 0) is 49.2 Å². The van der Waals surface area contributed by atoms with E-state index in [0.29, 0.717) is 47.4 Å². The van der Waals surface area contributed by atoms with E-state index in [0.717, 1.165) is 24.1 Å². The zero-order valence-electron chi connectivity index (χ0n) is 18.4. The van der Waals surface area contributed by atoms with Crippen molar-refractivity contribution in [3.63, 3.8) is 0 Å². The highest BCUT2D eigenvalue weighted by Gasteiger charge is 2.26. The fourth-order valence-corrected chi connectivity index (χ4v) is 3.91. The number of benzene rings is 2. The zero-order valence-corrected chi connectivity index (χ0v) is 18.4. The smallest absolute Gasteiger partial charge is 0.255 e. The SMILES string of the molecule is COc1cccc(C(=O)Nc2c(-c3ccc(OC)c(OC)c3)n[nH]c2C2CCOCC2)c1. The van der Waals surface area contributed by atoms with Crippen LogP contribution in [0.15, 0.2) is 42.5 Å². The number of carbonyl (C=O) groups is 1. The molecule has 1 amide bonds. The first-order valence-electron chi connectivity index (χ1n) is 10.5. The predicted octanol–water partition coefficient (Wildman–Crippen LogP) is 4.25. The van der Waals surface area contributed by atoms with Crippen molar-refractivity contribution < 1.29 is 23.7 Å². The average molecular weight is 437 g/mol. The first-order chi connectivity index (χ1) is 15.6. The van der Waals surface area contributed by atoms with E-state index in [1.807, 2.05) is 18.2 Å². The lowest BCUT2D eigenvalue weighted by Gasteiger charge is -2.22. The molecule has 0 spiro atoms. The van der Waals surface area contributed by atoms with Crippen molar-refractivity contribution in [3.8, 4) is 28.5 Å². The molecule has 2 aromatic carbocycles. The van der Waals surface area contributed by atoms with Gasteiger partial charge in [-0.2, -0.15) is 5.10 Å². The third kappa shape index (κ3) is 4.40. The number of aromatic nitrogens is 2. The Morgan fingerprint density at radius 3 is 2.53 bits per heavy atom. The zero-order chi connectivity index (χ0) is 22.5. The van der Waals surface area contributed by atoms with Gasteiger partial charge in [0.2, 0.25) is 0 Å². The molecule has 2 heterocycles. The van der Waals surface area contributed by atoms with Gasteiger partial charge in [-0.1, -0.05) is 6.07 Å². The predicted molar refractivity (Wildman–Crippen MR) is 121 cm³/mol. The van der Waals surface area contributed by atoms with Crippen LogP contribution in [0.1, 0.15) is 34.8 Å². The highest BCUT2D eigenvalue weighted by molar-refractivity contribution is 6.06. The quantitative estimate of drug-likeness (QED) is 0.574. The average Bonchev–Trinajstić information content (AvgIpc) is 3.27. The third-order valence-electron chi connectivity index (χ3n) is 5.65. The number of hydrogen-bond acceptors (Lipinski definition) is 6. The number of methoxy groups -OCH3 is 3. The molecule has 3 aromatic rings. The Morgan fingerprint density at radius 1 is 1.03 bits per heavy atom. The minimum Gasteiger partial charge on any atom is -0.497 e. The highest BCUT2D eigenvalue weighted by atomic mass is 16.5. The lowest BCUT2D eigenvalue weighted by Crippen LogP contribution is -2.18. The summed E-state index contributed by atoms with van der Waals surface area (Å²) in [5.74, 6) is 1.81. The number of hydrogen-bond donors (Lipinski definition) is 2. The molecular weight excluding hydrogens is 410 g/mol. The molecule has 0 bridgehead atoms. The molecule has 1 saturated heterocycles. The topological polar surface area (TPSA) is 94.7 Å². The Hall–Kier alpha value is -3.52. The van der Waals surface area contributed by atoms with Crippen molar-refractivity contribution >= 4 is 11.6 Å². The second-order valence-corrected chi connectivity index (χ2v) is 7.50. The number of H-pyrrole nitrogens is 1. The molecule has 8 heteroatoms. The summed E-state index contributed by atoms with van der Waals surface area (Å²) in [7, 11) is 4.76. The maximum atomic E-state index is 13.1. The number of nitrogens with one attached hydrogen (secondary N) is 2. The molecule has 0 radical (unpaired) electrons. The number of aromatic amines is 1. The van der Waals surface area contributed by atoms with Gasteiger partial charge in [-0.25, -0.2) is 0 Å². The third-order valence-corrected chi connectivity index (χ3v) is 5.65. The van der Waals surface area contributed by atoms with Gasteiger partial charge >= 0.3 is 0 Å². The molecule has 4 rings (SSSR count). The Morgan fingerprint density at radius 2 is 1.81 bits per heavy atom. The van der Waals surface area contributed by atoms with Crippen LogP contribution in [0.5, 0.6) is 17.2 Å². The Kier molecular flexibility index (Phi) is 6.61. The molecule has 0 aliphatic carbocycles. The maximum absolute atomic E-state index is 13.1. The number of nitrogens with zero attached hydrogens (tertiary/aromatic N) is 1. The number of ether oxygens (including phenoxy) is 4. The van der Waals surface area contributed by atoms with Gasteiger partial charge in [-0.15, -0.1) is 0 Å². The van der Waals surface area contributed by atoms with Crippen LogP contribution in [0.4, 0.5) is 5.69 Å². The molecule has 1 aliphatic heterocycles. The van der Waals surface area contributed by atoms with Crippen molar-refractivity contribution in [1.82, 2.24) is 10.2 Å². The molecule has 1 aromatic heterocycles. The van der Waals surface area contributed by atoms with Crippen LogP contribution in [0, 0.1) is 0 Å². The van der Waals surface area contributed by atoms with E-state index in [4.69, 9.17) is 18.9 Å². The fraction of sp³-hybridized carbons (Fsp3) is 0.333. The lowest BCUT2D eigenvalue weighted by molar-refractivity contribution is 0.0846. The highest BCUT2D eigenvalue weighted by Crippen LogP contribution is 2.39. The normalized spacial score (nSPS) is 14.1. The summed E-state index contributed by atoms with van der Waals surface area (Å²) in [4.78, 5) is 13.1.